The van der Waals surface area contributed by atoms with Crippen LogP contribution in [0.5, 0.6) is 0 Å². The first kappa shape index (κ1) is 14.3. The van der Waals surface area contributed by atoms with E-state index in [-0.39, 0.29) is 6.04 Å². The van der Waals surface area contributed by atoms with Gasteiger partial charge in [0.05, 0.1) is 0 Å². The Morgan fingerprint density at radius 3 is 2.47 bits per heavy atom. The molecule has 0 radical (unpaired) electrons. The molecule has 0 saturated heterocycles. The first-order valence-corrected chi connectivity index (χ1v) is 7.54. The van der Waals surface area contributed by atoms with Crippen molar-refractivity contribution in [3.8, 4) is 0 Å². The van der Waals surface area contributed by atoms with Crippen LogP contribution in [0.1, 0.15) is 45.1 Å². The van der Waals surface area contributed by atoms with Crippen molar-refractivity contribution in [2.45, 2.75) is 52.0 Å². The zero-order chi connectivity index (χ0) is 13.7. The van der Waals surface area contributed by atoms with Gasteiger partial charge in [0.2, 0.25) is 5.95 Å². The third-order valence-corrected chi connectivity index (χ3v) is 4.08. The second-order valence-corrected chi connectivity index (χ2v) is 5.60. The maximum Gasteiger partial charge on any atom is 0.225 e. The molecular formula is C15H26N4. The fourth-order valence-electron chi connectivity index (χ4n) is 2.40. The number of hydrogen-bond acceptors (Lipinski definition) is 4. The first-order valence-electron chi connectivity index (χ1n) is 7.54. The van der Waals surface area contributed by atoms with E-state index in [0.29, 0.717) is 0 Å². The minimum absolute atomic E-state index is 0.215. The standard InChI is InChI=1S/C15H26N4/c1-3-14(16)8-13-9-17-15(18-10-13)19(4-2)11-12-6-5-7-12/h9-10,12,14H,3-8,11,16H2,1-2H3. The zero-order valence-corrected chi connectivity index (χ0v) is 12.2. The van der Waals surface area contributed by atoms with Gasteiger partial charge in [0, 0.05) is 31.5 Å². The van der Waals surface area contributed by atoms with Gasteiger partial charge in [-0.1, -0.05) is 13.3 Å². The lowest BCUT2D eigenvalue weighted by molar-refractivity contribution is 0.317. The summed E-state index contributed by atoms with van der Waals surface area (Å²) in [6.07, 6.45) is 9.83. The second kappa shape index (κ2) is 6.85. The average Bonchev–Trinajstić information content (AvgIpc) is 2.39. The number of anilines is 1. The fraction of sp³-hybridized carbons (Fsp3) is 0.733. The van der Waals surface area contributed by atoms with Crippen molar-refractivity contribution in [1.82, 2.24) is 9.97 Å². The van der Waals surface area contributed by atoms with E-state index in [2.05, 4.69) is 28.7 Å². The highest BCUT2D eigenvalue weighted by atomic mass is 15.2. The summed E-state index contributed by atoms with van der Waals surface area (Å²) in [6.45, 7) is 6.36. The molecule has 0 spiro atoms. The van der Waals surface area contributed by atoms with E-state index in [0.717, 1.165) is 43.4 Å². The summed E-state index contributed by atoms with van der Waals surface area (Å²) in [5.41, 5.74) is 7.09. The summed E-state index contributed by atoms with van der Waals surface area (Å²) >= 11 is 0. The molecule has 1 atom stereocenters. The first-order chi connectivity index (χ1) is 9.22. The smallest absolute Gasteiger partial charge is 0.225 e. The number of rotatable bonds is 7. The van der Waals surface area contributed by atoms with E-state index in [1.165, 1.54) is 19.3 Å². The molecule has 1 unspecified atom stereocenters. The lowest BCUT2D eigenvalue weighted by Gasteiger charge is -2.31. The molecule has 1 fully saturated rings. The molecule has 1 saturated carbocycles. The summed E-state index contributed by atoms with van der Waals surface area (Å²) in [7, 11) is 0. The summed E-state index contributed by atoms with van der Waals surface area (Å²) < 4.78 is 0. The van der Waals surface area contributed by atoms with Crippen LogP contribution in [0.15, 0.2) is 12.4 Å². The van der Waals surface area contributed by atoms with Crippen LogP contribution in [-0.4, -0.2) is 29.1 Å². The third-order valence-electron chi connectivity index (χ3n) is 4.08. The van der Waals surface area contributed by atoms with Crippen molar-refractivity contribution in [1.29, 1.82) is 0 Å². The average molecular weight is 262 g/mol. The number of nitrogens with two attached hydrogens (primary N) is 1. The van der Waals surface area contributed by atoms with Gasteiger partial charge in [-0.3, -0.25) is 0 Å². The Labute approximate surface area is 116 Å². The van der Waals surface area contributed by atoms with Crippen molar-refractivity contribution in [3.63, 3.8) is 0 Å². The van der Waals surface area contributed by atoms with Crippen LogP contribution < -0.4 is 10.6 Å². The molecule has 2 rings (SSSR count). The van der Waals surface area contributed by atoms with Crippen molar-refractivity contribution in [2.24, 2.45) is 11.7 Å². The molecule has 2 N–H and O–H groups in total. The Morgan fingerprint density at radius 2 is 2.00 bits per heavy atom. The van der Waals surface area contributed by atoms with E-state index in [9.17, 15) is 0 Å². The van der Waals surface area contributed by atoms with Crippen molar-refractivity contribution in [3.05, 3.63) is 18.0 Å². The number of hydrogen-bond donors (Lipinski definition) is 1. The Kier molecular flexibility index (Phi) is 5.14. The van der Waals surface area contributed by atoms with E-state index in [1.807, 2.05) is 12.4 Å². The normalized spacial score (nSPS) is 17.0. The Balaban J connectivity index is 1.94. The lowest BCUT2D eigenvalue weighted by atomic mass is 9.85. The molecule has 1 aromatic rings. The highest BCUT2D eigenvalue weighted by molar-refractivity contribution is 5.30. The van der Waals surface area contributed by atoms with Crippen LogP contribution in [0.2, 0.25) is 0 Å². The fourth-order valence-corrected chi connectivity index (χ4v) is 2.40. The van der Waals surface area contributed by atoms with Crippen molar-refractivity contribution < 1.29 is 0 Å². The molecule has 0 aliphatic heterocycles. The van der Waals surface area contributed by atoms with Gasteiger partial charge in [0.1, 0.15) is 0 Å². The van der Waals surface area contributed by atoms with Gasteiger partial charge in [0.15, 0.2) is 0 Å². The van der Waals surface area contributed by atoms with Crippen LogP contribution in [0.25, 0.3) is 0 Å². The van der Waals surface area contributed by atoms with E-state index >= 15 is 0 Å². The maximum absolute atomic E-state index is 5.95. The zero-order valence-electron chi connectivity index (χ0n) is 12.2. The maximum atomic E-state index is 5.95. The Hall–Kier alpha value is -1.16. The quantitative estimate of drug-likeness (QED) is 0.819. The van der Waals surface area contributed by atoms with Crippen molar-refractivity contribution in [2.75, 3.05) is 18.0 Å². The van der Waals surface area contributed by atoms with Crippen LogP contribution >= 0.6 is 0 Å². The monoisotopic (exact) mass is 262 g/mol. The minimum Gasteiger partial charge on any atom is -0.341 e. The molecule has 19 heavy (non-hydrogen) atoms. The predicted molar refractivity (Wildman–Crippen MR) is 79.2 cm³/mol. The van der Waals surface area contributed by atoms with E-state index in [4.69, 9.17) is 5.73 Å². The second-order valence-electron chi connectivity index (χ2n) is 5.60. The summed E-state index contributed by atoms with van der Waals surface area (Å²) in [5, 5.41) is 0. The van der Waals surface area contributed by atoms with E-state index in [1.54, 1.807) is 0 Å². The summed E-state index contributed by atoms with van der Waals surface area (Å²) in [6, 6.07) is 0.215. The Morgan fingerprint density at radius 1 is 1.32 bits per heavy atom. The van der Waals surface area contributed by atoms with Gasteiger partial charge in [-0.15, -0.1) is 0 Å². The van der Waals surface area contributed by atoms with Gasteiger partial charge in [0.25, 0.3) is 0 Å². The number of nitrogens with zero attached hydrogens (tertiary/aromatic N) is 3. The molecule has 106 valence electrons. The molecule has 0 amide bonds. The van der Waals surface area contributed by atoms with Gasteiger partial charge < -0.3 is 10.6 Å². The van der Waals surface area contributed by atoms with E-state index < -0.39 is 0 Å². The van der Waals surface area contributed by atoms with Gasteiger partial charge in [-0.25, -0.2) is 9.97 Å². The molecule has 1 aliphatic rings. The molecule has 1 aromatic heterocycles. The summed E-state index contributed by atoms with van der Waals surface area (Å²) in [5.74, 6) is 1.71. The Bertz CT molecular complexity index is 372. The topological polar surface area (TPSA) is 55.0 Å². The van der Waals surface area contributed by atoms with Crippen LogP contribution in [0, 0.1) is 5.92 Å². The van der Waals surface area contributed by atoms with Gasteiger partial charge in [-0.05, 0) is 44.1 Å². The molecule has 4 heteroatoms. The summed E-state index contributed by atoms with van der Waals surface area (Å²) in [4.78, 5) is 11.3. The molecule has 0 aromatic carbocycles. The van der Waals surface area contributed by atoms with Crippen LogP contribution in [-0.2, 0) is 6.42 Å². The molecule has 4 nitrogen and oxygen atoms in total. The number of aromatic nitrogens is 2. The van der Waals surface area contributed by atoms with Crippen LogP contribution in [0.4, 0.5) is 5.95 Å². The molecule has 0 bridgehead atoms. The van der Waals surface area contributed by atoms with Gasteiger partial charge >= 0.3 is 0 Å². The SMILES string of the molecule is CCC(N)Cc1cnc(N(CC)CC2CCC2)nc1. The lowest BCUT2D eigenvalue weighted by Crippen LogP contribution is -2.33. The molecule has 1 aliphatic carbocycles. The minimum atomic E-state index is 0.215. The highest BCUT2D eigenvalue weighted by Gasteiger charge is 2.21. The predicted octanol–water partition coefficient (Wildman–Crippen LogP) is 2.38. The molecular weight excluding hydrogens is 236 g/mol. The van der Waals surface area contributed by atoms with Crippen molar-refractivity contribution >= 4 is 5.95 Å². The largest absolute Gasteiger partial charge is 0.341 e. The van der Waals surface area contributed by atoms with Gasteiger partial charge in [-0.2, -0.15) is 0 Å². The highest BCUT2D eigenvalue weighted by Crippen LogP contribution is 2.27. The van der Waals surface area contributed by atoms with Crippen LogP contribution in [0.3, 0.4) is 0 Å². The third kappa shape index (κ3) is 3.90. The molecule has 1 heterocycles.